The third kappa shape index (κ3) is 3.09. The number of likely N-dealkylation sites (tertiary alicyclic amines) is 1. The first-order valence-electron chi connectivity index (χ1n) is 9.34. The van der Waals surface area contributed by atoms with E-state index in [1.165, 1.54) is 47.4 Å². The van der Waals surface area contributed by atoms with E-state index in [1.54, 1.807) is 0 Å². The average molecular weight is 337 g/mol. The minimum atomic E-state index is 0.560. The third-order valence-electron chi connectivity index (χ3n) is 5.57. The molecular weight excluding hydrogens is 310 g/mol. The summed E-state index contributed by atoms with van der Waals surface area (Å²) in [6, 6.07) is 6.42. The van der Waals surface area contributed by atoms with Gasteiger partial charge in [0, 0.05) is 54.1 Å². The van der Waals surface area contributed by atoms with Gasteiger partial charge in [-0.05, 0) is 58.4 Å². The molecule has 3 aromatic rings. The third-order valence-corrected chi connectivity index (χ3v) is 5.57. The summed E-state index contributed by atoms with van der Waals surface area (Å²) in [4.78, 5) is 10.6. The number of piperidine rings is 1. The van der Waals surface area contributed by atoms with E-state index in [0.717, 1.165) is 25.3 Å². The Kier molecular flexibility index (Phi) is 4.34. The molecule has 1 atom stereocenters. The Morgan fingerprint density at radius 1 is 1.32 bits per heavy atom. The van der Waals surface area contributed by atoms with Crippen LogP contribution in [0.25, 0.3) is 11.0 Å². The maximum Gasteiger partial charge on any atom is 0.137 e. The molecule has 3 aromatic heterocycles. The highest BCUT2D eigenvalue weighted by Gasteiger charge is 2.24. The second kappa shape index (κ2) is 6.64. The molecule has 5 heteroatoms. The molecule has 5 nitrogen and oxygen atoms in total. The maximum absolute atomic E-state index is 4.68. The van der Waals surface area contributed by atoms with Gasteiger partial charge < -0.3 is 4.98 Å². The van der Waals surface area contributed by atoms with Crippen LogP contribution in [0.3, 0.4) is 0 Å². The van der Waals surface area contributed by atoms with Crippen molar-refractivity contribution in [2.75, 3.05) is 13.1 Å². The van der Waals surface area contributed by atoms with Crippen molar-refractivity contribution in [3.05, 3.63) is 47.0 Å². The first-order chi connectivity index (χ1) is 12.2. The van der Waals surface area contributed by atoms with Crippen LogP contribution in [0.1, 0.15) is 48.3 Å². The molecule has 0 aromatic carbocycles. The van der Waals surface area contributed by atoms with E-state index in [1.807, 2.05) is 12.3 Å². The van der Waals surface area contributed by atoms with Gasteiger partial charge in [0.05, 0.1) is 5.69 Å². The zero-order chi connectivity index (χ0) is 17.4. The van der Waals surface area contributed by atoms with E-state index in [0.29, 0.717) is 5.92 Å². The molecule has 0 amide bonds. The molecular formula is C20H27N5. The maximum atomic E-state index is 4.68. The molecule has 1 fully saturated rings. The molecule has 1 aliphatic heterocycles. The molecule has 0 aliphatic carbocycles. The molecule has 0 spiro atoms. The topological polar surface area (TPSA) is 49.7 Å². The molecule has 4 rings (SSSR count). The van der Waals surface area contributed by atoms with E-state index < -0.39 is 0 Å². The Morgan fingerprint density at radius 3 is 2.96 bits per heavy atom. The predicted octanol–water partition coefficient (Wildman–Crippen LogP) is 3.78. The molecule has 0 unspecified atom stereocenters. The van der Waals surface area contributed by atoms with Gasteiger partial charge in [-0.1, -0.05) is 0 Å². The fourth-order valence-electron chi connectivity index (χ4n) is 4.15. The van der Waals surface area contributed by atoms with Crippen molar-refractivity contribution in [1.82, 2.24) is 24.6 Å². The fraction of sp³-hybridized carbons (Fsp3) is 0.500. The highest BCUT2D eigenvalue weighted by molar-refractivity contribution is 5.76. The Morgan fingerprint density at radius 2 is 2.20 bits per heavy atom. The monoisotopic (exact) mass is 337 g/mol. The molecule has 1 N–H and O–H groups in total. The van der Waals surface area contributed by atoms with Crippen molar-refractivity contribution in [3.63, 3.8) is 0 Å². The number of rotatable bonds is 4. The van der Waals surface area contributed by atoms with Crippen LogP contribution in [-0.2, 0) is 13.1 Å². The number of nitrogens with zero attached hydrogens (tertiary/aromatic N) is 4. The Labute approximate surface area is 149 Å². The van der Waals surface area contributed by atoms with Crippen LogP contribution >= 0.6 is 0 Å². The zero-order valence-electron chi connectivity index (χ0n) is 15.4. The van der Waals surface area contributed by atoms with Crippen LogP contribution < -0.4 is 0 Å². The lowest BCUT2D eigenvalue weighted by molar-refractivity contribution is 0.198. The van der Waals surface area contributed by atoms with Crippen LogP contribution in [0.5, 0.6) is 0 Å². The summed E-state index contributed by atoms with van der Waals surface area (Å²) in [7, 11) is 0. The van der Waals surface area contributed by atoms with Crippen molar-refractivity contribution in [2.24, 2.45) is 0 Å². The van der Waals surface area contributed by atoms with Crippen LogP contribution in [0.4, 0.5) is 0 Å². The van der Waals surface area contributed by atoms with Gasteiger partial charge in [-0.25, -0.2) is 4.98 Å². The van der Waals surface area contributed by atoms with Gasteiger partial charge in [-0.15, -0.1) is 0 Å². The SMILES string of the molecule is CCn1nc(C)c(CN2CCC[C@@H](c3cc4cccnc4[nH]3)C2)c1C. The summed E-state index contributed by atoms with van der Waals surface area (Å²) < 4.78 is 2.12. The second-order valence-electron chi connectivity index (χ2n) is 7.21. The summed E-state index contributed by atoms with van der Waals surface area (Å²) in [5, 5.41) is 5.89. The molecule has 25 heavy (non-hydrogen) atoms. The minimum Gasteiger partial charge on any atom is -0.343 e. The van der Waals surface area contributed by atoms with Gasteiger partial charge in [0.2, 0.25) is 0 Å². The number of H-pyrrole nitrogens is 1. The van der Waals surface area contributed by atoms with Crippen LogP contribution in [-0.4, -0.2) is 37.7 Å². The highest BCUT2D eigenvalue weighted by atomic mass is 15.3. The van der Waals surface area contributed by atoms with Gasteiger partial charge in [0.25, 0.3) is 0 Å². The summed E-state index contributed by atoms with van der Waals surface area (Å²) in [5.74, 6) is 0.560. The predicted molar refractivity (Wildman–Crippen MR) is 101 cm³/mol. The van der Waals surface area contributed by atoms with Gasteiger partial charge in [-0.2, -0.15) is 5.10 Å². The number of nitrogens with one attached hydrogen (secondary N) is 1. The van der Waals surface area contributed by atoms with Crippen molar-refractivity contribution in [1.29, 1.82) is 0 Å². The lowest BCUT2D eigenvalue weighted by Crippen LogP contribution is -2.34. The number of aromatic amines is 1. The van der Waals surface area contributed by atoms with Crippen LogP contribution in [0.2, 0.25) is 0 Å². The van der Waals surface area contributed by atoms with Gasteiger partial charge >= 0.3 is 0 Å². The van der Waals surface area contributed by atoms with Crippen LogP contribution in [0.15, 0.2) is 24.4 Å². The fourth-order valence-corrected chi connectivity index (χ4v) is 4.15. The summed E-state index contributed by atoms with van der Waals surface area (Å²) in [6.45, 7) is 10.7. The normalized spacial score (nSPS) is 18.9. The van der Waals surface area contributed by atoms with Crippen LogP contribution in [0, 0.1) is 13.8 Å². The number of aryl methyl sites for hydroxylation is 2. The van der Waals surface area contributed by atoms with Crippen molar-refractivity contribution in [3.8, 4) is 0 Å². The van der Waals surface area contributed by atoms with Crippen molar-refractivity contribution in [2.45, 2.75) is 52.6 Å². The summed E-state index contributed by atoms with van der Waals surface area (Å²) in [6.07, 6.45) is 4.34. The summed E-state index contributed by atoms with van der Waals surface area (Å²) in [5.41, 5.74) is 6.23. The molecule has 1 saturated heterocycles. The van der Waals surface area contributed by atoms with Crippen molar-refractivity contribution >= 4 is 11.0 Å². The molecule has 0 saturated carbocycles. The van der Waals surface area contributed by atoms with Gasteiger partial charge in [0.1, 0.15) is 5.65 Å². The lowest BCUT2D eigenvalue weighted by atomic mass is 9.94. The number of pyridine rings is 1. The van der Waals surface area contributed by atoms with Gasteiger partial charge in [0.15, 0.2) is 0 Å². The standard InChI is InChI=1S/C20H27N5/c1-4-25-15(3)18(14(2)23-25)13-24-10-6-8-17(12-24)19-11-16-7-5-9-21-20(16)22-19/h5,7,9,11,17H,4,6,8,10,12-13H2,1-3H3,(H,21,22)/t17-/m1/s1. The minimum absolute atomic E-state index is 0.560. The van der Waals surface area contributed by atoms with Gasteiger partial charge in [-0.3, -0.25) is 9.58 Å². The Balaban J connectivity index is 1.52. The smallest absolute Gasteiger partial charge is 0.137 e. The average Bonchev–Trinajstić information content (AvgIpc) is 3.18. The van der Waals surface area contributed by atoms with E-state index in [9.17, 15) is 0 Å². The lowest BCUT2D eigenvalue weighted by Gasteiger charge is -2.32. The molecule has 0 radical (unpaired) electrons. The Hall–Kier alpha value is -2.14. The molecule has 0 bridgehead atoms. The summed E-state index contributed by atoms with van der Waals surface area (Å²) >= 11 is 0. The van der Waals surface area contributed by atoms with E-state index in [4.69, 9.17) is 0 Å². The second-order valence-corrected chi connectivity index (χ2v) is 7.21. The number of hydrogen-bond donors (Lipinski definition) is 1. The number of hydrogen-bond acceptors (Lipinski definition) is 3. The quantitative estimate of drug-likeness (QED) is 0.788. The van der Waals surface area contributed by atoms with E-state index in [-0.39, 0.29) is 0 Å². The Bertz CT molecular complexity index is 842. The zero-order valence-corrected chi connectivity index (χ0v) is 15.4. The highest BCUT2D eigenvalue weighted by Crippen LogP contribution is 2.29. The van der Waals surface area contributed by atoms with Crippen molar-refractivity contribution < 1.29 is 0 Å². The number of aromatic nitrogens is 4. The first-order valence-corrected chi connectivity index (χ1v) is 9.34. The van der Waals surface area contributed by atoms with E-state index >= 15 is 0 Å². The molecule has 1 aliphatic rings. The molecule has 132 valence electrons. The largest absolute Gasteiger partial charge is 0.343 e. The molecule has 4 heterocycles. The number of fused-ring (bicyclic) bond motifs is 1. The van der Waals surface area contributed by atoms with E-state index in [2.05, 4.69) is 57.6 Å². The first kappa shape index (κ1) is 16.3.